The lowest BCUT2D eigenvalue weighted by Crippen LogP contribution is -2.14. The molecule has 162 valence electrons. The Bertz CT molecular complexity index is 1310. The maximum absolute atomic E-state index is 14.0. The molecule has 4 rings (SSSR count). The zero-order valence-electron chi connectivity index (χ0n) is 17.9. The van der Waals surface area contributed by atoms with Crippen molar-refractivity contribution in [3.63, 3.8) is 0 Å². The molecular weight excluding hydrogens is 409 g/mol. The first kappa shape index (κ1) is 21.2. The Morgan fingerprint density at radius 3 is 2.47 bits per heavy atom. The van der Waals surface area contributed by atoms with Crippen molar-refractivity contribution in [3.05, 3.63) is 72.2 Å². The first-order valence-electron chi connectivity index (χ1n) is 10.2. The van der Waals surface area contributed by atoms with Crippen LogP contribution in [-0.4, -0.2) is 26.6 Å². The number of pyridine rings is 1. The summed E-state index contributed by atoms with van der Waals surface area (Å²) in [7, 11) is 0. The molecule has 0 aliphatic carbocycles. The van der Waals surface area contributed by atoms with Gasteiger partial charge in [-0.25, -0.2) is 14.1 Å². The molecule has 4 aromatic rings. The number of fused-ring (bicyclic) bond motifs is 1. The molecule has 8 heteroatoms. The molecule has 0 unspecified atom stereocenters. The van der Waals surface area contributed by atoms with Gasteiger partial charge in [0.25, 0.3) is 5.91 Å². The van der Waals surface area contributed by atoms with Crippen LogP contribution < -0.4 is 10.6 Å². The van der Waals surface area contributed by atoms with Crippen LogP contribution in [0.25, 0.3) is 22.3 Å². The van der Waals surface area contributed by atoms with Crippen molar-refractivity contribution < 1.29 is 14.0 Å². The van der Waals surface area contributed by atoms with E-state index < -0.39 is 17.6 Å². The number of aromatic nitrogens is 3. The molecular formula is C24H22FN5O2. The van der Waals surface area contributed by atoms with Crippen molar-refractivity contribution in [1.82, 2.24) is 14.8 Å². The molecule has 7 nitrogen and oxygen atoms in total. The number of rotatable bonds is 5. The normalized spacial score (nSPS) is 11.0. The third-order valence-corrected chi connectivity index (χ3v) is 4.90. The molecule has 0 saturated carbocycles. The molecule has 0 spiro atoms. The second-order valence-electron chi connectivity index (χ2n) is 7.67. The summed E-state index contributed by atoms with van der Waals surface area (Å²) in [5, 5.41) is 10.2. The van der Waals surface area contributed by atoms with Crippen LogP contribution in [-0.2, 0) is 4.79 Å². The fourth-order valence-electron chi connectivity index (χ4n) is 3.43. The van der Waals surface area contributed by atoms with Gasteiger partial charge >= 0.3 is 0 Å². The van der Waals surface area contributed by atoms with Crippen molar-refractivity contribution >= 4 is 34.2 Å². The highest BCUT2D eigenvalue weighted by Gasteiger charge is 2.19. The van der Waals surface area contributed by atoms with Gasteiger partial charge in [-0.1, -0.05) is 30.3 Å². The summed E-state index contributed by atoms with van der Waals surface area (Å²) in [5.74, 6) is -1.39. The van der Waals surface area contributed by atoms with Gasteiger partial charge in [0.05, 0.1) is 28.5 Å². The van der Waals surface area contributed by atoms with Crippen molar-refractivity contribution in [2.45, 2.75) is 26.8 Å². The summed E-state index contributed by atoms with van der Waals surface area (Å²) in [4.78, 5) is 29.3. The lowest BCUT2D eigenvalue weighted by molar-refractivity contribution is -0.114. The number of amides is 2. The molecule has 0 radical (unpaired) electrons. The van der Waals surface area contributed by atoms with Gasteiger partial charge in [0, 0.05) is 24.2 Å². The molecule has 2 amide bonds. The topological polar surface area (TPSA) is 88.9 Å². The Labute approximate surface area is 184 Å². The predicted octanol–water partition coefficient (Wildman–Crippen LogP) is 5.03. The van der Waals surface area contributed by atoms with Crippen molar-refractivity contribution in [2.75, 3.05) is 10.6 Å². The second kappa shape index (κ2) is 8.58. The number of anilines is 2. The maximum atomic E-state index is 14.0. The lowest BCUT2D eigenvalue weighted by atomic mass is 10.1. The van der Waals surface area contributed by atoms with Gasteiger partial charge in [0.15, 0.2) is 5.65 Å². The number of hydrogen-bond donors (Lipinski definition) is 2. The van der Waals surface area contributed by atoms with E-state index in [0.29, 0.717) is 28.0 Å². The monoisotopic (exact) mass is 431 g/mol. The highest BCUT2D eigenvalue weighted by molar-refractivity contribution is 6.12. The van der Waals surface area contributed by atoms with Crippen LogP contribution in [0.1, 0.15) is 37.2 Å². The van der Waals surface area contributed by atoms with E-state index in [2.05, 4.69) is 15.7 Å². The largest absolute Gasteiger partial charge is 0.324 e. The van der Waals surface area contributed by atoms with E-state index in [-0.39, 0.29) is 11.7 Å². The third kappa shape index (κ3) is 4.20. The van der Waals surface area contributed by atoms with E-state index in [1.54, 1.807) is 16.9 Å². The van der Waals surface area contributed by atoms with Gasteiger partial charge in [0.1, 0.15) is 5.82 Å². The summed E-state index contributed by atoms with van der Waals surface area (Å²) in [6, 6.07) is 15.3. The zero-order chi connectivity index (χ0) is 22.8. The summed E-state index contributed by atoms with van der Waals surface area (Å²) in [6.07, 6.45) is 1.62. The van der Waals surface area contributed by atoms with Crippen LogP contribution in [0, 0.1) is 5.82 Å². The maximum Gasteiger partial charge on any atom is 0.256 e. The summed E-state index contributed by atoms with van der Waals surface area (Å²) < 4.78 is 15.7. The molecule has 0 atom stereocenters. The molecule has 32 heavy (non-hydrogen) atoms. The lowest BCUT2D eigenvalue weighted by Gasteiger charge is -2.12. The van der Waals surface area contributed by atoms with Gasteiger partial charge in [-0.2, -0.15) is 5.10 Å². The number of carbonyl (C=O) groups excluding carboxylic acids is 2. The molecule has 2 aromatic carbocycles. The minimum atomic E-state index is -0.589. The SMILES string of the molecule is CC(=O)Nc1cc(NC(=O)c2cc(-c3ccccc3)nc3c2cnn3C(C)C)ccc1F. The van der Waals surface area contributed by atoms with Crippen molar-refractivity contribution in [3.8, 4) is 11.3 Å². The number of benzene rings is 2. The van der Waals surface area contributed by atoms with Crippen LogP contribution >= 0.6 is 0 Å². The van der Waals surface area contributed by atoms with E-state index in [4.69, 9.17) is 4.98 Å². The van der Waals surface area contributed by atoms with Crippen LogP contribution in [0.15, 0.2) is 60.8 Å². The second-order valence-corrected chi connectivity index (χ2v) is 7.67. The Morgan fingerprint density at radius 1 is 1.03 bits per heavy atom. The average molecular weight is 431 g/mol. The number of hydrogen-bond acceptors (Lipinski definition) is 4. The van der Waals surface area contributed by atoms with Crippen LogP contribution in [0.4, 0.5) is 15.8 Å². The van der Waals surface area contributed by atoms with E-state index in [9.17, 15) is 14.0 Å². The minimum absolute atomic E-state index is 0.00669. The predicted molar refractivity (Wildman–Crippen MR) is 122 cm³/mol. The van der Waals surface area contributed by atoms with Crippen molar-refractivity contribution in [2.24, 2.45) is 0 Å². The smallest absolute Gasteiger partial charge is 0.256 e. The fourth-order valence-corrected chi connectivity index (χ4v) is 3.43. The van der Waals surface area contributed by atoms with Crippen molar-refractivity contribution in [1.29, 1.82) is 0 Å². The molecule has 0 fully saturated rings. The van der Waals surface area contributed by atoms with Crippen LogP contribution in [0.3, 0.4) is 0 Å². The number of nitrogens with zero attached hydrogens (tertiary/aromatic N) is 3. The summed E-state index contributed by atoms with van der Waals surface area (Å²) >= 11 is 0. The van der Waals surface area contributed by atoms with Gasteiger partial charge < -0.3 is 10.6 Å². The molecule has 0 aliphatic heterocycles. The first-order valence-corrected chi connectivity index (χ1v) is 10.2. The summed E-state index contributed by atoms with van der Waals surface area (Å²) in [5.41, 5.74) is 2.85. The number of nitrogens with one attached hydrogen (secondary N) is 2. The molecule has 2 N–H and O–H groups in total. The number of carbonyl (C=O) groups is 2. The van der Waals surface area contributed by atoms with Crippen LogP contribution in [0.2, 0.25) is 0 Å². The van der Waals surface area contributed by atoms with Gasteiger partial charge in [-0.05, 0) is 38.1 Å². The standard InChI is InChI=1S/C24H22FN5O2/c1-14(2)30-23-19(13-26-30)18(12-21(29-23)16-7-5-4-6-8-16)24(32)28-17-9-10-20(25)22(11-17)27-15(3)31/h4-14H,1-3H3,(H,27,31)(H,28,32). The Hall–Kier alpha value is -4.07. The molecule has 2 aromatic heterocycles. The van der Waals surface area contributed by atoms with Crippen LogP contribution in [0.5, 0.6) is 0 Å². The van der Waals surface area contributed by atoms with Gasteiger partial charge in [-0.15, -0.1) is 0 Å². The molecule has 0 aliphatic rings. The molecule has 0 bridgehead atoms. The average Bonchev–Trinajstić information content (AvgIpc) is 3.20. The summed E-state index contributed by atoms with van der Waals surface area (Å²) in [6.45, 7) is 5.27. The van der Waals surface area contributed by atoms with Gasteiger partial charge in [0.2, 0.25) is 5.91 Å². The van der Waals surface area contributed by atoms with Gasteiger partial charge in [-0.3, -0.25) is 9.59 Å². The number of halogens is 1. The Balaban J connectivity index is 1.78. The first-order chi connectivity index (χ1) is 15.3. The minimum Gasteiger partial charge on any atom is -0.324 e. The fraction of sp³-hybridized carbons (Fsp3) is 0.167. The Kier molecular flexibility index (Phi) is 5.68. The van der Waals surface area contributed by atoms with E-state index in [1.807, 2.05) is 44.2 Å². The molecule has 0 saturated heterocycles. The van der Waals surface area contributed by atoms with E-state index >= 15 is 0 Å². The molecule has 2 heterocycles. The highest BCUT2D eigenvalue weighted by atomic mass is 19.1. The third-order valence-electron chi connectivity index (χ3n) is 4.90. The zero-order valence-corrected chi connectivity index (χ0v) is 17.9. The van der Waals surface area contributed by atoms with E-state index in [1.165, 1.54) is 25.1 Å². The van der Waals surface area contributed by atoms with E-state index in [0.717, 1.165) is 5.56 Å². The Morgan fingerprint density at radius 2 is 1.78 bits per heavy atom. The quantitative estimate of drug-likeness (QED) is 0.464. The highest BCUT2D eigenvalue weighted by Crippen LogP contribution is 2.27.